The van der Waals surface area contributed by atoms with Gasteiger partial charge >= 0.3 is 12.2 Å². The molecule has 1 aromatic carbocycles. The van der Waals surface area contributed by atoms with Crippen LogP contribution in [0.3, 0.4) is 0 Å². The average molecular weight is 581 g/mol. The Morgan fingerprint density at radius 1 is 1.15 bits per heavy atom. The smallest absolute Gasteiger partial charge is 0.414 e. The third-order valence-corrected chi connectivity index (χ3v) is 6.59. The third kappa shape index (κ3) is 6.68. The predicted molar refractivity (Wildman–Crippen MR) is 139 cm³/mol. The number of piperazine rings is 1. The standard InChI is InChI=1S/C25H27ClF2N6O6/c1-2-39-24(37)31-12-16-14-34(25(38)40-16)15-10-18(27)21(19(28)11-15)33-8-6-32(7-9-33)20(35)13-30-23(36)17-4-3-5-29-22(17)26/h3-5,10-11,16H,2,6-9,12-14H2,1H3,(H,30,36)(H,31,37)/t16-/m0/s1. The van der Waals surface area contributed by atoms with Gasteiger partial charge in [0.1, 0.15) is 16.9 Å². The number of nitrogens with one attached hydrogen (secondary N) is 2. The molecule has 3 heterocycles. The van der Waals surface area contributed by atoms with Crippen molar-refractivity contribution in [3.05, 3.63) is 52.8 Å². The van der Waals surface area contributed by atoms with E-state index in [-0.39, 0.29) is 80.4 Å². The van der Waals surface area contributed by atoms with Crippen LogP contribution in [0.2, 0.25) is 5.15 Å². The number of halogens is 3. The number of amides is 4. The highest BCUT2D eigenvalue weighted by molar-refractivity contribution is 6.32. The molecule has 2 fully saturated rings. The SMILES string of the molecule is CCOC(=O)NC[C@H]1CN(c2cc(F)c(N3CCN(C(=O)CNC(=O)c4cccnc4Cl)CC3)c(F)c2)C(=O)O1. The molecule has 2 aliphatic heterocycles. The molecule has 0 saturated carbocycles. The molecule has 2 saturated heterocycles. The second kappa shape index (κ2) is 12.8. The molecule has 2 N–H and O–H groups in total. The summed E-state index contributed by atoms with van der Waals surface area (Å²) in [7, 11) is 0. The molecule has 0 unspecified atom stereocenters. The van der Waals surface area contributed by atoms with Crippen LogP contribution in [0.25, 0.3) is 0 Å². The number of benzene rings is 1. The first kappa shape index (κ1) is 28.8. The number of aromatic nitrogens is 1. The van der Waals surface area contributed by atoms with Crippen LogP contribution in [-0.4, -0.2) is 92.4 Å². The van der Waals surface area contributed by atoms with Gasteiger partial charge in [-0.2, -0.15) is 0 Å². The quantitative estimate of drug-likeness (QED) is 0.454. The van der Waals surface area contributed by atoms with Crippen molar-refractivity contribution in [3.8, 4) is 0 Å². The topological polar surface area (TPSA) is 133 Å². The molecule has 1 aromatic heterocycles. The van der Waals surface area contributed by atoms with Gasteiger partial charge in [0.25, 0.3) is 5.91 Å². The van der Waals surface area contributed by atoms with Gasteiger partial charge in [-0.15, -0.1) is 0 Å². The summed E-state index contributed by atoms with van der Waals surface area (Å²) in [5, 5.41) is 4.97. The Balaban J connectivity index is 1.31. The summed E-state index contributed by atoms with van der Waals surface area (Å²) in [6, 6.07) is 5.11. The van der Waals surface area contributed by atoms with E-state index in [2.05, 4.69) is 15.6 Å². The van der Waals surface area contributed by atoms with Crippen molar-refractivity contribution in [1.29, 1.82) is 0 Å². The van der Waals surface area contributed by atoms with E-state index in [0.717, 1.165) is 17.0 Å². The van der Waals surface area contributed by atoms with E-state index < -0.39 is 35.8 Å². The molecule has 40 heavy (non-hydrogen) atoms. The Kier molecular flexibility index (Phi) is 9.19. The lowest BCUT2D eigenvalue weighted by Crippen LogP contribution is -2.51. The number of rotatable bonds is 8. The molecule has 2 aliphatic rings. The van der Waals surface area contributed by atoms with Crippen molar-refractivity contribution >= 4 is 47.0 Å². The van der Waals surface area contributed by atoms with Crippen LogP contribution >= 0.6 is 11.6 Å². The summed E-state index contributed by atoms with van der Waals surface area (Å²) in [4.78, 5) is 56.4. The van der Waals surface area contributed by atoms with Crippen molar-refractivity contribution in [2.75, 3.05) is 62.2 Å². The Morgan fingerprint density at radius 2 is 1.85 bits per heavy atom. The molecule has 214 valence electrons. The second-order valence-corrected chi connectivity index (χ2v) is 9.23. The van der Waals surface area contributed by atoms with Crippen LogP contribution in [0.5, 0.6) is 0 Å². The number of ether oxygens (including phenoxy) is 2. The molecule has 4 amide bonds. The third-order valence-electron chi connectivity index (χ3n) is 6.29. The van der Waals surface area contributed by atoms with Gasteiger partial charge in [0.05, 0.1) is 37.5 Å². The van der Waals surface area contributed by atoms with E-state index in [0.29, 0.717) is 0 Å². The summed E-state index contributed by atoms with van der Waals surface area (Å²) >= 11 is 5.90. The zero-order valence-electron chi connectivity index (χ0n) is 21.5. The number of hydrogen-bond donors (Lipinski definition) is 2. The Hall–Kier alpha value is -4.20. The van der Waals surface area contributed by atoms with Crippen LogP contribution in [0, 0.1) is 11.6 Å². The number of carbonyl (C=O) groups is 4. The molecule has 0 radical (unpaired) electrons. The van der Waals surface area contributed by atoms with Gasteiger partial charge in [0.15, 0.2) is 11.6 Å². The Bertz CT molecular complexity index is 1270. The van der Waals surface area contributed by atoms with Crippen LogP contribution in [0.15, 0.2) is 30.5 Å². The maximum absolute atomic E-state index is 15.1. The lowest BCUT2D eigenvalue weighted by Gasteiger charge is -2.36. The minimum Gasteiger partial charge on any atom is -0.450 e. The van der Waals surface area contributed by atoms with Crippen molar-refractivity contribution < 1.29 is 37.4 Å². The molecule has 0 spiro atoms. The number of alkyl carbamates (subject to hydrolysis) is 1. The molecule has 0 bridgehead atoms. The van der Waals surface area contributed by atoms with E-state index in [4.69, 9.17) is 21.1 Å². The van der Waals surface area contributed by atoms with Gasteiger partial charge in [-0.25, -0.2) is 23.4 Å². The van der Waals surface area contributed by atoms with Crippen molar-refractivity contribution in [2.24, 2.45) is 0 Å². The highest BCUT2D eigenvalue weighted by atomic mass is 35.5. The minimum absolute atomic E-state index is 0.0172. The minimum atomic E-state index is -0.878. The molecular weight excluding hydrogens is 554 g/mol. The van der Waals surface area contributed by atoms with E-state index in [1.807, 2.05) is 0 Å². The summed E-state index contributed by atoms with van der Waals surface area (Å²) in [5.41, 5.74) is -0.161. The number of nitrogens with zero attached hydrogens (tertiary/aromatic N) is 4. The lowest BCUT2D eigenvalue weighted by atomic mass is 10.2. The molecule has 2 aromatic rings. The average Bonchev–Trinajstić information content (AvgIpc) is 3.31. The fraction of sp³-hybridized carbons (Fsp3) is 0.400. The molecule has 12 nitrogen and oxygen atoms in total. The largest absolute Gasteiger partial charge is 0.450 e. The molecule has 1 atom stereocenters. The molecule has 0 aliphatic carbocycles. The molecule has 15 heteroatoms. The first-order valence-corrected chi connectivity index (χ1v) is 12.8. The van der Waals surface area contributed by atoms with E-state index in [9.17, 15) is 19.2 Å². The number of pyridine rings is 1. The summed E-state index contributed by atoms with van der Waals surface area (Å²) in [6.07, 6.45) is -0.751. The first-order valence-electron chi connectivity index (χ1n) is 12.5. The maximum Gasteiger partial charge on any atom is 0.414 e. The summed E-state index contributed by atoms with van der Waals surface area (Å²) in [6.45, 7) is 2.16. The maximum atomic E-state index is 15.1. The van der Waals surface area contributed by atoms with Gasteiger partial charge in [0, 0.05) is 44.5 Å². The van der Waals surface area contributed by atoms with Gasteiger partial charge in [0.2, 0.25) is 5.91 Å². The van der Waals surface area contributed by atoms with Crippen LogP contribution in [0.4, 0.5) is 29.7 Å². The first-order chi connectivity index (χ1) is 19.2. The fourth-order valence-corrected chi connectivity index (χ4v) is 4.53. The van der Waals surface area contributed by atoms with Crippen LogP contribution in [0.1, 0.15) is 17.3 Å². The van der Waals surface area contributed by atoms with Crippen molar-refractivity contribution in [1.82, 2.24) is 20.5 Å². The van der Waals surface area contributed by atoms with Gasteiger partial charge < -0.3 is 29.9 Å². The summed E-state index contributed by atoms with van der Waals surface area (Å²) < 4.78 is 40.1. The summed E-state index contributed by atoms with van der Waals surface area (Å²) in [5.74, 6) is -2.66. The van der Waals surface area contributed by atoms with E-state index in [1.54, 1.807) is 13.0 Å². The Labute approximate surface area is 233 Å². The zero-order chi connectivity index (χ0) is 28.8. The molecular formula is C25H27ClF2N6O6. The predicted octanol–water partition coefficient (Wildman–Crippen LogP) is 2.16. The fourth-order valence-electron chi connectivity index (χ4n) is 4.33. The van der Waals surface area contributed by atoms with E-state index in [1.165, 1.54) is 22.1 Å². The Morgan fingerprint density at radius 3 is 2.50 bits per heavy atom. The molecule has 4 rings (SSSR count). The van der Waals surface area contributed by atoms with Crippen molar-refractivity contribution in [2.45, 2.75) is 13.0 Å². The van der Waals surface area contributed by atoms with Gasteiger partial charge in [-0.05, 0) is 19.1 Å². The van der Waals surface area contributed by atoms with Gasteiger partial charge in [-0.3, -0.25) is 14.5 Å². The van der Waals surface area contributed by atoms with E-state index >= 15 is 8.78 Å². The zero-order valence-corrected chi connectivity index (χ0v) is 22.2. The van der Waals surface area contributed by atoms with Crippen LogP contribution < -0.4 is 20.4 Å². The van der Waals surface area contributed by atoms with Crippen LogP contribution in [-0.2, 0) is 14.3 Å². The number of hydrogen-bond acceptors (Lipinski definition) is 8. The number of carbonyl (C=O) groups excluding carboxylic acids is 4. The number of cyclic esters (lactones) is 1. The lowest BCUT2D eigenvalue weighted by molar-refractivity contribution is -0.130. The second-order valence-electron chi connectivity index (χ2n) is 8.87. The van der Waals surface area contributed by atoms with Crippen molar-refractivity contribution in [3.63, 3.8) is 0 Å². The number of anilines is 2. The highest BCUT2D eigenvalue weighted by Gasteiger charge is 2.34. The van der Waals surface area contributed by atoms with Gasteiger partial charge in [-0.1, -0.05) is 11.6 Å². The monoisotopic (exact) mass is 580 g/mol. The normalized spacial score (nSPS) is 16.9. The highest BCUT2D eigenvalue weighted by Crippen LogP contribution is 2.31.